The molecule has 25 heavy (non-hydrogen) atoms. The van der Waals surface area contributed by atoms with Crippen molar-refractivity contribution in [3.63, 3.8) is 0 Å². The molecule has 1 heterocycles. The molecule has 6 nitrogen and oxygen atoms in total. The fourth-order valence-corrected chi connectivity index (χ4v) is 3.74. The van der Waals surface area contributed by atoms with Gasteiger partial charge in [-0.25, -0.2) is 9.18 Å². The average Bonchev–Trinajstić information content (AvgIpc) is 2.79. The van der Waals surface area contributed by atoms with Crippen LogP contribution in [-0.4, -0.2) is 34.8 Å². The lowest BCUT2D eigenvalue weighted by molar-refractivity contribution is -0.136. The third-order valence-corrected chi connectivity index (χ3v) is 5.30. The Labute approximate surface area is 149 Å². The number of carbonyl (C=O) groups excluding carboxylic acids is 3. The standard InChI is InChI=1S/C17H19ClFN3O3/c1-10-4-2-3-7-17(10)15(24)22(16(25)21-17)9-14(23)20-11-5-6-13(19)12(18)8-11/h5-6,8,10H,2-4,7,9H2,1H3,(H,20,23)(H,21,25)/t10-,17+/m1/s1. The maximum Gasteiger partial charge on any atom is 0.325 e. The lowest BCUT2D eigenvalue weighted by Crippen LogP contribution is -2.54. The second-order valence-corrected chi connectivity index (χ2v) is 7.02. The van der Waals surface area contributed by atoms with Crippen LogP contribution in [0.2, 0.25) is 5.02 Å². The zero-order valence-corrected chi connectivity index (χ0v) is 14.5. The number of nitrogens with zero attached hydrogens (tertiary/aromatic N) is 1. The van der Waals surface area contributed by atoms with Gasteiger partial charge in [-0.1, -0.05) is 31.4 Å². The summed E-state index contributed by atoms with van der Waals surface area (Å²) < 4.78 is 13.2. The summed E-state index contributed by atoms with van der Waals surface area (Å²) in [5.41, 5.74) is -0.598. The molecule has 2 atom stereocenters. The van der Waals surface area contributed by atoms with Crippen LogP contribution in [0.15, 0.2) is 18.2 Å². The van der Waals surface area contributed by atoms with Crippen LogP contribution >= 0.6 is 11.6 Å². The molecule has 1 aromatic carbocycles. The Bertz CT molecular complexity index is 742. The minimum absolute atomic E-state index is 0.0293. The Morgan fingerprint density at radius 3 is 2.88 bits per heavy atom. The van der Waals surface area contributed by atoms with Gasteiger partial charge in [0.25, 0.3) is 5.91 Å². The largest absolute Gasteiger partial charge is 0.325 e. The first-order valence-electron chi connectivity index (χ1n) is 8.22. The monoisotopic (exact) mass is 367 g/mol. The number of hydrogen-bond acceptors (Lipinski definition) is 3. The van der Waals surface area contributed by atoms with E-state index in [-0.39, 0.29) is 16.8 Å². The van der Waals surface area contributed by atoms with Crippen molar-refractivity contribution in [3.05, 3.63) is 29.0 Å². The van der Waals surface area contributed by atoms with Gasteiger partial charge in [0.15, 0.2) is 0 Å². The highest BCUT2D eigenvalue weighted by Gasteiger charge is 2.55. The Morgan fingerprint density at radius 1 is 1.44 bits per heavy atom. The van der Waals surface area contributed by atoms with Crippen LogP contribution in [0.25, 0.3) is 0 Å². The lowest BCUT2D eigenvalue weighted by Gasteiger charge is -2.36. The van der Waals surface area contributed by atoms with Crippen LogP contribution in [0.5, 0.6) is 0 Å². The van der Waals surface area contributed by atoms with E-state index in [0.29, 0.717) is 12.1 Å². The van der Waals surface area contributed by atoms with Crippen LogP contribution in [-0.2, 0) is 9.59 Å². The van der Waals surface area contributed by atoms with Crippen LogP contribution < -0.4 is 10.6 Å². The molecule has 8 heteroatoms. The molecule has 0 bridgehead atoms. The van der Waals surface area contributed by atoms with Crippen molar-refractivity contribution in [1.82, 2.24) is 10.2 Å². The molecule has 2 N–H and O–H groups in total. The normalized spacial score (nSPS) is 26.0. The molecule has 1 saturated carbocycles. The summed E-state index contributed by atoms with van der Waals surface area (Å²) in [6.07, 6.45) is 3.34. The smallest absolute Gasteiger partial charge is 0.324 e. The van der Waals surface area contributed by atoms with Gasteiger partial charge in [0.2, 0.25) is 5.91 Å². The summed E-state index contributed by atoms with van der Waals surface area (Å²) in [5, 5.41) is 5.19. The van der Waals surface area contributed by atoms with E-state index in [1.165, 1.54) is 12.1 Å². The quantitative estimate of drug-likeness (QED) is 0.806. The molecule has 3 rings (SSSR count). The number of imide groups is 1. The van der Waals surface area contributed by atoms with Gasteiger partial charge in [0, 0.05) is 5.69 Å². The molecule has 0 aromatic heterocycles. The number of anilines is 1. The maximum atomic E-state index is 13.2. The fourth-order valence-electron chi connectivity index (χ4n) is 3.56. The molecule has 1 aromatic rings. The van der Waals surface area contributed by atoms with E-state index in [0.717, 1.165) is 30.2 Å². The van der Waals surface area contributed by atoms with Crippen LogP contribution in [0, 0.1) is 11.7 Å². The van der Waals surface area contributed by atoms with Gasteiger partial charge in [-0.2, -0.15) is 0 Å². The van der Waals surface area contributed by atoms with E-state index < -0.39 is 29.8 Å². The summed E-state index contributed by atoms with van der Waals surface area (Å²) in [6.45, 7) is 1.55. The number of carbonyl (C=O) groups is 3. The summed E-state index contributed by atoms with van der Waals surface area (Å²) in [5.74, 6) is -1.47. The number of halogens is 2. The number of hydrogen-bond donors (Lipinski definition) is 2. The number of amides is 4. The number of rotatable bonds is 3. The minimum atomic E-state index is -0.894. The fraction of sp³-hybridized carbons (Fsp3) is 0.471. The van der Waals surface area contributed by atoms with Crippen LogP contribution in [0.1, 0.15) is 32.6 Å². The number of benzene rings is 1. The molecule has 1 aliphatic heterocycles. The predicted molar refractivity (Wildman–Crippen MR) is 90.6 cm³/mol. The maximum absolute atomic E-state index is 13.2. The molecule has 2 fully saturated rings. The molecule has 134 valence electrons. The first-order valence-corrected chi connectivity index (χ1v) is 8.60. The number of nitrogens with one attached hydrogen (secondary N) is 2. The highest BCUT2D eigenvalue weighted by atomic mass is 35.5. The zero-order valence-electron chi connectivity index (χ0n) is 13.8. The van der Waals surface area contributed by atoms with Gasteiger partial charge >= 0.3 is 6.03 Å². The van der Waals surface area contributed by atoms with E-state index in [2.05, 4.69) is 10.6 Å². The van der Waals surface area contributed by atoms with Crippen molar-refractivity contribution in [3.8, 4) is 0 Å². The molecular weight excluding hydrogens is 349 g/mol. The van der Waals surface area contributed by atoms with Crippen molar-refractivity contribution in [2.75, 3.05) is 11.9 Å². The first kappa shape index (κ1) is 17.7. The first-order chi connectivity index (χ1) is 11.8. The molecular formula is C17H19ClFN3O3. The Hall–Kier alpha value is -2.15. The summed E-state index contributed by atoms with van der Waals surface area (Å²) >= 11 is 5.67. The van der Waals surface area contributed by atoms with Crippen molar-refractivity contribution >= 4 is 35.1 Å². The molecule has 2 aliphatic rings. The minimum Gasteiger partial charge on any atom is -0.324 e. The molecule has 4 amide bonds. The summed E-state index contributed by atoms with van der Waals surface area (Å²) in [6, 6.07) is 3.21. The van der Waals surface area contributed by atoms with E-state index in [4.69, 9.17) is 11.6 Å². The third-order valence-electron chi connectivity index (χ3n) is 5.01. The summed E-state index contributed by atoms with van der Waals surface area (Å²) in [7, 11) is 0. The van der Waals surface area contributed by atoms with Gasteiger partial charge in [-0.3, -0.25) is 14.5 Å². The topological polar surface area (TPSA) is 78.5 Å². The zero-order chi connectivity index (χ0) is 18.2. The van der Waals surface area contributed by atoms with Gasteiger partial charge in [-0.15, -0.1) is 0 Å². The third kappa shape index (κ3) is 3.20. The van der Waals surface area contributed by atoms with Crippen molar-refractivity contribution in [1.29, 1.82) is 0 Å². The Kier molecular flexibility index (Phi) is 4.69. The van der Waals surface area contributed by atoms with E-state index in [1.807, 2.05) is 6.92 Å². The molecule has 1 saturated heterocycles. The molecule has 1 spiro atoms. The molecule has 1 aliphatic carbocycles. The van der Waals surface area contributed by atoms with Crippen molar-refractivity contribution in [2.24, 2.45) is 5.92 Å². The van der Waals surface area contributed by atoms with Gasteiger partial charge < -0.3 is 10.6 Å². The SMILES string of the molecule is C[C@@H]1CCCC[C@]12NC(=O)N(CC(=O)Nc1ccc(F)c(Cl)c1)C2=O. The second kappa shape index (κ2) is 6.63. The highest BCUT2D eigenvalue weighted by molar-refractivity contribution is 6.31. The van der Waals surface area contributed by atoms with E-state index in [1.54, 1.807) is 0 Å². The van der Waals surface area contributed by atoms with Crippen LogP contribution in [0.3, 0.4) is 0 Å². The van der Waals surface area contributed by atoms with Crippen molar-refractivity contribution in [2.45, 2.75) is 38.1 Å². The summed E-state index contributed by atoms with van der Waals surface area (Å²) in [4.78, 5) is 38.1. The van der Waals surface area contributed by atoms with Crippen LogP contribution in [0.4, 0.5) is 14.9 Å². The van der Waals surface area contributed by atoms with Gasteiger partial charge in [0.05, 0.1) is 5.02 Å². The Morgan fingerprint density at radius 2 is 2.20 bits per heavy atom. The lowest BCUT2D eigenvalue weighted by atomic mass is 9.73. The second-order valence-electron chi connectivity index (χ2n) is 6.62. The Balaban J connectivity index is 1.69. The van der Waals surface area contributed by atoms with Crippen molar-refractivity contribution < 1.29 is 18.8 Å². The highest BCUT2D eigenvalue weighted by Crippen LogP contribution is 2.38. The number of urea groups is 1. The molecule has 0 radical (unpaired) electrons. The van der Waals surface area contributed by atoms with E-state index >= 15 is 0 Å². The predicted octanol–water partition coefficient (Wildman–Crippen LogP) is 2.92. The average molecular weight is 368 g/mol. The van der Waals surface area contributed by atoms with Gasteiger partial charge in [0.1, 0.15) is 17.9 Å². The molecule has 0 unspecified atom stereocenters. The van der Waals surface area contributed by atoms with Gasteiger partial charge in [-0.05, 0) is 37.0 Å². The van der Waals surface area contributed by atoms with E-state index in [9.17, 15) is 18.8 Å².